The minimum Gasteiger partial charge on any atom is -0.342 e. The van der Waals surface area contributed by atoms with Crippen LogP contribution in [0.5, 0.6) is 0 Å². The number of halogens is 1. The number of piperidine rings is 1. The van der Waals surface area contributed by atoms with Gasteiger partial charge >= 0.3 is 0 Å². The Morgan fingerprint density at radius 3 is 2.50 bits per heavy atom. The van der Waals surface area contributed by atoms with Gasteiger partial charge < -0.3 is 4.90 Å². The van der Waals surface area contributed by atoms with E-state index in [0.29, 0.717) is 16.7 Å². The number of hydrogen-bond acceptors (Lipinski definition) is 6. The summed E-state index contributed by atoms with van der Waals surface area (Å²) in [5.74, 6) is 0.208. The van der Waals surface area contributed by atoms with E-state index in [9.17, 15) is 17.6 Å². The Morgan fingerprint density at radius 1 is 1.18 bits per heavy atom. The third-order valence-electron chi connectivity index (χ3n) is 4.31. The maximum atomic E-state index is 13.3. The smallest absolute Gasteiger partial charge is 0.233 e. The number of benzene rings is 1. The summed E-state index contributed by atoms with van der Waals surface area (Å²) < 4.78 is 40.2. The minimum absolute atomic E-state index is 0.0363. The van der Waals surface area contributed by atoms with E-state index in [-0.39, 0.29) is 24.0 Å². The number of nitrogens with zero attached hydrogens (tertiary/aromatic N) is 4. The van der Waals surface area contributed by atoms with Crippen LogP contribution in [-0.2, 0) is 21.4 Å². The van der Waals surface area contributed by atoms with Gasteiger partial charge in [-0.1, -0.05) is 11.8 Å². The highest BCUT2D eigenvalue weighted by Gasteiger charge is 2.20. The van der Waals surface area contributed by atoms with Gasteiger partial charge in [-0.15, -0.1) is 10.2 Å². The summed E-state index contributed by atoms with van der Waals surface area (Å²) in [7, 11) is -3.42. The maximum absolute atomic E-state index is 13.3. The topological polar surface area (TPSA) is 97.2 Å². The van der Waals surface area contributed by atoms with Crippen LogP contribution in [0, 0.1) is 5.82 Å². The van der Waals surface area contributed by atoms with Crippen LogP contribution >= 0.6 is 11.8 Å². The highest BCUT2D eigenvalue weighted by atomic mass is 32.2. The van der Waals surface area contributed by atoms with Gasteiger partial charge in [0.25, 0.3) is 0 Å². The van der Waals surface area contributed by atoms with Crippen molar-refractivity contribution >= 4 is 27.7 Å². The molecule has 11 heteroatoms. The summed E-state index contributed by atoms with van der Waals surface area (Å²) in [5.41, 5.74) is 0.588. The highest BCUT2D eigenvalue weighted by molar-refractivity contribution is 7.99. The van der Waals surface area contributed by atoms with E-state index in [0.717, 1.165) is 38.6 Å². The lowest BCUT2D eigenvalue weighted by Gasteiger charge is -2.26. The molecule has 1 aromatic heterocycles. The van der Waals surface area contributed by atoms with Crippen LogP contribution < -0.4 is 4.72 Å². The Bertz CT molecular complexity index is 925. The van der Waals surface area contributed by atoms with Crippen molar-refractivity contribution in [2.45, 2.75) is 31.0 Å². The van der Waals surface area contributed by atoms with E-state index >= 15 is 0 Å². The van der Waals surface area contributed by atoms with Crippen LogP contribution in [0.15, 0.2) is 29.4 Å². The number of hydrogen-bond donors (Lipinski definition) is 1. The molecule has 1 aliphatic heterocycles. The number of carbonyl (C=O) groups is 1. The number of amides is 1. The molecule has 0 spiro atoms. The number of aromatic nitrogens is 3. The standard InChI is InChI=1S/C17H22FN5O3S2/c1-28(25,26)19-11-15-20-21-17(23(15)14-7-5-13(18)6-8-14)27-12-16(24)22-9-3-2-4-10-22/h5-8,19H,2-4,9-12H2,1H3. The average molecular weight is 428 g/mol. The van der Waals surface area contributed by atoms with Crippen LogP contribution in [0.25, 0.3) is 5.69 Å². The fraction of sp³-hybridized carbons (Fsp3) is 0.471. The van der Waals surface area contributed by atoms with Gasteiger partial charge in [-0.2, -0.15) is 0 Å². The molecule has 0 radical (unpaired) electrons. The molecule has 1 fully saturated rings. The van der Waals surface area contributed by atoms with E-state index in [4.69, 9.17) is 0 Å². The number of likely N-dealkylation sites (tertiary alicyclic amines) is 1. The van der Waals surface area contributed by atoms with E-state index in [1.807, 2.05) is 4.90 Å². The monoisotopic (exact) mass is 427 g/mol. The van der Waals surface area contributed by atoms with E-state index < -0.39 is 10.0 Å². The molecule has 2 aromatic rings. The molecule has 1 N–H and O–H groups in total. The number of rotatable bonds is 7. The molecule has 28 heavy (non-hydrogen) atoms. The summed E-state index contributed by atoms with van der Waals surface area (Å²) in [6.45, 7) is 1.48. The van der Waals surface area contributed by atoms with Gasteiger partial charge in [-0.05, 0) is 43.5 Å². The molecule has 1 aromatic carbocycles. The Labute approximate surface area is 167 Å². The molecule has 1 saturated heterocycles. The molecular weight excluding hydrogens is 405 g/mol. The van der Waals surface area contributed by atoms with Crippen molar-refractivity contribution in [2.24, 2.45) is 0 Å². The molecule has 2 heterocycles. The summed E-state index contributed by atoms with van der Waals surface area (Å²) in [6.07, 6.45) is 4.23. The Balaban J connectivity index is 1.80. The number of carbonyl (C=O) groups excluding carboxylic acids is 1. The minimum atomic E-state index is -3.42. The summed E-state index contributed by atoms with van der Waals surface area (Å²) in [4.78, 5) is 14.3. The molecule has 0 bridgehead atoms. The van der Waals surface area contributed by atoms with Crippen molar-refractivity contribution in [1.29, 1.82) is 0 Å². The molecule has 0 aliphatic carbocycles. The fourth-order valence-electron chi connectivity index (χ4n) is 2.91. The van der Waals surface area contributed by atoms with Gasteiger partial charge in [0.15, 0.2) is 11.0 Å². The zero-order valence-corrected chi connectivity index (χ0v) is 17.1. The number of nitrogens with one attached hydrogen (secondary N) is 1. The lowest BCUT2D eigenvalue weighted by molar-refractivity contribution is -0.129. The van der Waals surface area contributed by atoms with Crippen molar-refractivity contribution in [3.05, 3.63) is 35.9 Å². The van der Waals surface area contributed by atoms with Gasteiger partial charge in [-0.3, -0.25) is 9.36 Å². The van der Waals surface area contributed by atoms with Crippen LogP contribution in [0.4, 0.5) is 4.39 Å². The van der Waals surface area contributed by atoms with Gasteiger partial charge in [0.1, 0.15) is 5.82 Å². The second-order valence-electron chi connectivity index (χ2n) is 6.53. The van der Waals surface area contributed by atoms with Crippen LogP contribution in [0.2, 0.25) is 0 Å². The van der Waals surface area contributed by atoms with Crippen molar-refractivity contribution < 1.29 is 17.6 Å². The predicted molar refractivity (Wildman–Crippen MR) is 104 cm³/mol. The molecule has 3 rings (SSSR count). The average Bonchev–Trinajstić information content (AvgIpc) is 3.08. The van der Waals surface area contributed by atoms with E-state index in [1.54, 1.807) is 16.7 Å². The molecule has 1 aliphatic rings. The molecular formula is C17H22FN5O3S2. The van der Waals surface area contributed by atoms with Gasteiger partial charge in [0.05, 0.1) is 18.6 Å². The van der Waals surface area contributed by atoms with E-state index in [2.05, 4.69) is 14.9 Å². The second kappa shape index (κ2) is 9.01. The normalized spacial score (nSPS) is 15.0. The fourth-order valence-corrected chi connectivity index (χ4v) is 4.18. The first-order valence-corrected chi connectivity index (χ1v) is 11.8. The van der Waals surface area contributed by atoms with Crippen molar-refractivity contribution in [1.82, 2.24) is 24.4 Å². The van der Waals surface area contributed by atoms with Crippen molar-refractivity contribution in [2.75, 3.05) is 25.1 Å². The summed E-state index contributed by atoms with van der Waals surface area (Å²) in [6, 6.07) is 5.71. The molecule has 1 amide bonds. The first-order chi connectivity index (χ1) is 13.3. The predicted octanol–water partition coefficient (Wildman–Crippen LogP) is 1.56. The zero-order valence-electron chi connectivity index (χ0n) is 15.5. The summed E-state index contributed by atoms with van der Waals surface area (Å²) in [5, 5.41) is 8.61. The van der Waals surface area contributed by atoms with Crippen LogP contribution in [0.1, 0.15) is 25.1 Å². The van der Waals surface area contributed by atoms with E-state index in [1.165, 1.54) is 23.9 Å². The number of sulfonamides is 1. The van der Waals surface area contributed by atoms with Gasteiger partial charge in [-0.25, -0.2) is 17.5 Å². The molecule has 0 unspecified atom stereocenters. The molecule has 8 nitrogen and oxygen atoms in total. The SMILES string of the molecule is CS(=O)(=O)NCc1nnc(SCC(=O)N2CCCCC2)n1-c1ccc(F)cc1. The Kier molecular flexibility index (Phi) is 6.68. The zero-order chi connectivity index (χ0) is 20.1. The van der Waals surface area contributed by atoms with Gasteiger partial charge in [0.2, 0.25) is 15.9 Å². The number of thioether (sulfide) groups is 1. The Morgan fingerprint density at radius 2 is 1.86 bits per heavy atom. The quantitative estimate of drug-likeness (QED) is 0.674. The van der Waals surface area contributed by atoms with Crippen molar-refractivity contribution in [3.8, 4) is 5.69 Å². The third-order valence-corrected chi connectivity index (χ3v) is 5.89. The van der Waals surface area contributed by atoms with Crippen LogP contribution in [-0.4, -0.2) is 59.1 Å². The molecule has 0 atom stereocenters. The van der Waals surface area contributed by atoms with Gasteiger partial charge in [0, 0.05) is 18.8 Å². The Hall–Kier alpha value is -1.98. The summed E-state index contributed by atoms with van der Waals surface area (Å²) >= 11 is 1.23. The first kappa shape index (κ1) is 20.7. The molecule has 152 valence electrons. The molecule has 0 saturated carbocycles. The van der Waals surface area contributed by atoms with Crippen LogP contribution in [0.3, 0.4) is 0 Å². The highest BCUT2D eigenvalue weighted by Crippen LogP contribution is 2.23. The second-order valence-corrected chi connectivity index (χ2v) is 9.31. The third kappa shape index (κ3) is 5.52. The lowest BCUT2D eigenvalue weighted by atomic mass is 10.1. The largest absolute Gasteiger partial charge is 0.342 e. The first-order valence-electron chi connectivity index (χ1n) is 8.89. The van der Waals surface area contributed by atoms with Crippen molar-refractivity contribution in [3.63, 3.8) is 0 Å². The lowest BCUT2D eigenvalue weighted by Crippen LogP contribution is -2.36. The maximum Gasteiger partial charge on any atom is 0.233 e.